The van der Waals surface area contributed by atoms with Gasteiger partial charge in [-0.3, -0.25) is 0 Å². The minimum absolute atomic E-state index is 0.463. The smallest absolute Gasteiger partial charge is 0.0199 e. The summed E-state index contributed by atoms with van der Waals surface area (Å²) in [6.07, 6.45) is 17.3. The van der Waals surface area contributed by atoms with E-state index in [0.29, 0.717) is 5.92 Å². The Bertz CT molecular complexity index is 385. The lowest BCUT2D eigenvalue weighted by molar-refractivity contribution is 0.624. The Labute approximate surface area is 118 Å². The Balaban J connectivity index is 1.73. The van der Waals surface area contributed by atoms with Gasteiger partial charge in [0.1, 0.15) is 0 Å². The van der Waals surface area contributed by atoms with Crippen LogP contribution in [0.2, 0.25) is 0 Å². The zero-order valence-electron chi connectivity index (χ0n) is 12.0. The predicted octanol–water partition coefficient (Wildman–Crippen LogP) is 5.83. The van der Waals surface area contributed by atoms with Crippen molar-refractivity contribution >= 4 is 0 Å². The fourth-order valence-corrected chi connectivity index (χ4v) is 2.57. The molecule has 101 valence electrons. The molecule has 1 radical (unpaired) electrons. The third kappa shape index (κ3) is 4.70. The summed E-state index contributed by atoms with van der Waals surface area (Å²) in [5.74, 6) is 1.95. The highest BCUT2D eigenvalue weighted by Gasteiger charge is 2.11. The van der Waals surface area contributed by atoms with Gasteiger partial charge in [-0.05, 0) is 12.0 Å². The van der Waals surface area contributed by atoms with E-state index in [2.05, 4.69) is 61.6 Å². The second-order valence-corrected chi connectivity index (χ2v) is 5.39. The van der Waals surface area contributed by atoms with Gasteiger partial charge in [-0.25, -0.2) is 0 Å². The van der Waals surface area contributed by atoms with Crippen LogP contribution in [0.25, 0.3) is 0 Å². The Morgan fingerprint density at radius 1 is 0.842 bits per heavy atom. The van der Waals surface area contributed by atoms with Gasteiger partial charge in [0.15, 0.2) is 0 Å². The molecule has 1 aromatic carbocycles. The summed E-state index contributed by atoms with van der Waals surface area (Å²) in [6, 6.07) is 10.7. The number of rotatable bonds is 7. The molecule has 19 heavy (non-hydrogen) atoms. The summed E-state index contributed by atoms with van der Waals surface area (Å²) < 4.78 is 0. The quantitative estimate of drug-likeness (QED) is 0.536. The largest absolute Gasteiger partial charge is 0.0765 e. The van der Waals surface area contributed by atoms with E-state index in [1.54, 1.807) is 0 Å². The van der Waals surface area contributed by atoms with Gasteiger partial charge < -0.3 is 0 Å². The third-order valence-electron chi connectivity index (χ3n) is 3.79. The van der Waals surface area contributed by atoms with Crippen molar-refractivity contribution in [3.05, 3.63) is 66.1 Å². The molecule has 0 aromatic heterocycles. The summed E-state index contributed by atoms with van der Waals surface area (Å²) in [4.78, 5) is 0. The molecule has 0 fully saturated rings. The standard InChI is InChI=1S/C19H25/c1-2-3-4-5-7-10-17-13-15-19(16-14-17)18-11-8-6-9-12-18/h6,8-9,11-16,19H,2-5,7,10H2,1H3. The molecule has 0 aliphatic heterocycles. The van der Waals surface area contributed by atoms with E-state index in [1.807, 2.05) is 0 Å². The zero-order chi connectivity index (χ0) is 13.3. The lowest BCUT2D eigenvalue weighted by atomic mass is 9.88. The maximum Gasteiger partial charge on any atom is 0.0199 e. The van der Waals surface area contributed by atoms with Crippen LogP contribution in [-0.4, -0.2) is 0 Å². The van der Waals surface area contributed by atoms with Crippen molar-refractivity contribution in [1.82, 2.24) is 0 Å². The molecule has 1 aromatic rings. The third-order valence-corrected chi connectivity index (χ3v) is 3.79. The first-order chi connectivity index (χ1) is 9.40. The molecule has 0 spiro atoms. The number of hydrogen-bond acceptors (Lipinski definition) is 0. The first-order valence-electron chi connectivity index (χ1n) is 7.67. The van der Waals surface area contributed by atoms with Crippen molar-refractivity contribution in [3.8, 4) is 0 Å². The SMILES string of the molecule is CCCCCCC[C]1C=CC(c2ccccc2)C=C1. The van der Waals surface area contributed by atoms with Crippen LogP contribution in [0.1, 0.15) is 56.9 Å². The molecular weight excluding hydrogens is 228 g/mol. The monoisotopic (exact) mass is 253 g/mol. The van der Waals surface area contributed by atoms with E-state index in [9.17, 15) is 0 Å². The van der Waals surface area contributed by atoms with Crippen molar-refractivity contribution in [2.75, 3.05) is 0 Å². The summed E-state index contributed by atoms with van der Waals surface area (Å²) in [5.41, 5.74) is 1.39. The molecule has 0 nitrogen and oxygen atoms in total. The van der Waals surface area contributed by atoms with Gasteiger partial charge in [0.2, 0.25) is 0 Å². The maximum absolute atomic E-state index is 2.33. The van der Waals surface area contributed by atoms with Crippen LogP contribution in [0, 0.1) is 5.92 Å². The first kappa shape index (κ1) is 14.1. The minimum Gasteiger partial charge on any atom is -0.0765 e. The highest BCUT2D eigenvalue weighted by molar-refractivity contribution is 5.38. The summed E-state index contributed by atoms with van der Waals surface area (Å²) in [7, 11) is 0. The van der Waals surface area contributed by atoms with Crippen molar-refractivity contribution in [3.63, 3.8) is 0 Å². The van der Waals surface area contributed by atoms with Gasteiger partial charge in [-0.2, -0.15) is 0 Å². The number of hydrogen-bond donors (Lipinski definition) is 0. The number of unbranched alkanes of at least 4 members (excludes halogenated alkanes) is 4. The summed E-state index contributed by atoms with van der Waals surface area (Å²) in [5, 5.41) is 0. The average Bonchev–Trinajstić information content (AvgIpc) is 2.49. The number of benzene rings is 1. The van der Waals surface area contributed by atoms with E-state index in [1.165, 1.54) is 50.0 Å². The van der Waals surface area contributed by atoms with E-state index < -0.39 is 0 Å². The molecule has 0 saturated carbocycles. The normalized spacial score (nSPS) is 16.1. The molecule has 0 amide bonds. The van der Waals surface area contributed by atoms with E-state index >= 15 is 0 Å². The minimum atomic E-state index is 0.463. The van der Waals surface area contributed by atoms with Crippen LogP contribution in [0.3, 0.4) is 0 Å². The van der Waals surface area contributed by atoms with Gasteiger partial charge in [0, 0.05) is 11.8 Å². The molecule has 0 bridgehead atoms. The second-order valence-electron chi connectivity index (χ2n) is 5.39. The van der Waals surface area contributed by atoms with E-state index in [-0.39, 0.29) is 0 Å². The predicted molar refractivity (Wildman–Crippen MR) is 84.1 cm³/mol. The van der Waals surface area contributed by atoms with Crippen LogP contribution in [0.5, 0.6) is 0 Å². The molecule has 2 rings (SSSR count). The van der Waals surface area contributed by atoms with Crippen molar-refractivity contribution < 1.29 is 0 Å². The summed E-state index contributed by atoms with van der Waals surface area (Å²) in [6.45, 7) is 2.27. The Morgan fingerprint density at radius 2 is 1.53 bits per heavy atom. The van der Waals surface area contributed by atoms with Gasteiger partial charge >= 0.3 is 0 Å². The lowest BCUT2D eigenvalue weighted by Crippen LogP contribution is -2.00. The fraction of sp³-hybridized carbons (Fsp3) is 0.421. The van der Waals surface area contributed by atoms with Crippen LogP contribution < -0.4 is 0 Å². The molecule has 0 atom stereocenters. The van der Waals surface area contributed by atoms with Gasteiger partial charge in [-0.15, -0.1) is 0 Å². The van der Waals surface area contributed by atoms with Crippen molar-refractivity contribution in [1.29, 1.82) is 0 Å². The Kier molecular flexibility index (Phi) is 5.94. The maximum atomic E-state index is 2.33. The highest BCUT2D eigenvalue weighted by Crippen LogP contribution is 2.27. The molecule has 0 heterocycles. The van der Waals surface area contributed by atoms with E-state index in [4.69, 9.17) is 0 Å². The molecule has 0 N–H and O–H groups in total. The van der Waals surface area contributed by atoms with Gasteiger partial charge in [0.25, 0.3) is 0 Å². The summed E-state index contributed by atoms with van der Waals surface area (Å²) >= 11 is 0. The average molecular weight is 253 g/mol. The molecule has 1 aliphatic rings. The van der Waals surface area contributed by atoms with E-state index in [0.717, 1.165) is 0 Å². The molecular formula is C19H25. The van der Waals surface area contributed by atoms with Crippen LogP contribution in [0.4, 0.5) is 0 Å². The van der Waals surface area contributed by atoms with Gasteiger partial charge in [-0.1, -0.05) is 93.7 Å². The Hall–Kier alpha value is -1.30. The molecule has 0 unspecified atom stereocenters. The molecule has 1 aliphatic carbocycles. The fourth-order valence-electron chi connectivity index (χ4n) is 2.57. The number of allylic oxidation sites excluding steroid dienone is 4. The van der Waals surface area contributed by atoms with Crippen LogP contribution in [0.15, 0.2) is 54.6 Å². The molecule has 0 heteroatoms. The zero-order valence-corrected chi connectivity index (χ0v) is 12.0. The van der Waals surface area contributed by atoms with Gasteiger partial charge in [0.05, 0.1) is 0 Å². The topological polar surface area (TPSA) is 0 Å². The Morgan fingerprint density at radius 3 is 2.21 bits per heavy atom. The highest BCUT2D eigenvalue weighted by atomic mass is 14.2. The van der Waals surface area contributed by atoms with Crippen molar-refractivity contribution in [2.24, 2.45) is 0 Å². The van der Waals surface area contributed by atoms with Crippen LogP contribution >= 0.6 is 0 Å². The second kappa shape index (κ2) is 7.99. The lowest BCUT2D eigenvalue weighted by Gasteiger charge is -2.16. The van der Waals surface area contributed by atoms with Crippen molar-refractivity contribution in [2.45, 2.75) is 51.4 Å². The first-order valence-corrected chi connectivity index (χ1v) is 7.67. The van der Waals surface area contributed by atoms with Crippen LogP contribution in [-0.2, 0) is 0 Å². The molecule has 0 saturated heterocycles.